The van der Waals surface area contributed by atoms with Gasteiger partial charge in [-0.2, -0.15) is 17.9 Å². The van der Waals surface area contributed by atoms with Gasteiger partial charge < -0.3 is 16.1 Å². The molecule has 6 atom stereocenters. The van der Waals surface area contributed by atoms with Crippen molar-refractivity contribution >= 4 is 51.0 Å². The van der Waals surface area contributed by atoms with Crippen molar-refractivity contribution in [3.8, 4) is 0 Å². The molecule has 1 fully saturated rings. The Balaban J connectivity index is 1.59. The van der Waals surface area contributed by atoms with E-state index in [1.807, 2.05) is 18.3 Å². The molecule has 0 spiro atoms. The second kappa shape index (κ2) is 14.7. The molecule has 47 heavy (non-hydrogen) atoms. The molecule has 1 saturated carbocycles. The third kappa shape index (κ3) is 7.62. The van der Waals surface area contributed by atoms with E-state index in [1.54, 1.807) is 30.0 Å². The van der Waals surface area contributed by atoms with E-state index in [1.165, 1.54) is 16.8 Å². The van der Waals surface area contributed by atoms with Crippen LogP contribution in [0.15, 0.2) is 71.1 Å². The smallest absolute Gasteiger partial charge is 0.386 e. The van der Waals surface area contributed by atoms with Crippen molar-refractivity contribution in [3.63, 3.8) is 0 Å². The van der Waals surface area contributed by atoms with Crippen molar-refractivity contribution in [1.29, 1.82) is 5.41 Å². The van der Waals surface area contributed by atoms with Gasteiger partial charge in [0, 0.05) is 40.7 Å². The van der Waals surface area contributed by atoms with Gasteiger partial charge in [0.15, 0.2) is 0 Å². The van der Waals surface area contributed by atoms with Crippen LogP contribution in [0.25, 0.3) is 11.0 Å². The van der Waals surface area contributed by atoms with Crippen LogP contribution >= 0.6 is 23.4 Å². The molecule has 6 N–H and O–H groups in total. The highest BCUT2D eigenvalue weighted by atomic mass is 35.5. The summed E-state index contributed by atoms with van der Waals surface area (Å²) >= 11 is 7.88. The molecule has 2 heterocycles. The average molecular weight is 688 g/mol. The molecule has 252 valence electrons. The summed E-state index contributed by atoms with van der Waals surface area (Å²) in [6.07, 6.45) is 1.16. The van der Waals surface area contributed by atoms with Gasteiger partial charge in [-0.25, -0.2) is 0 Å². The van der Waals surface area contributed by atoms with E-state index in [0.717, 1.165) is 29.7 Å². The standard InChI is InChI=1S/C33H41ClF3N9S/c1-5-20-13-23(22(6-2)31(19(20)4)40-16-28(43-39)32-41-18(3)17-47-32)26(42-27-14-21(34)11-12-24(27)33(35,36)37)15-30(38)46-29-10-8-7-9-25(29)44-45-46/h7-12,14-16,18-20,22-23,31,38,40,42-43H,5-6,13,17,39H2,1-4H3/b26-15-,28-16-,38-30?. The maximum atomic E-state index is 14.3. The number of fused-ring (bicyclic) bond motifs is 1. The Morgan fingerprint density at radius 2 is 1.94 bits per heavy atom. The molecule has 14 heteroatoms. The van der Waals surface area contributed by atoms with Crippen molar-refractivity contribution in [2.24, 2.45) is 34.5 Å². The van der Waals surface area contributed by atoms with Crippen LogP contribution in [0.5, 0.6) is 0 Å². The molecule has 0 saturated heterocycles. The number of benzene rings is 2. The van der Waals surface area contributed by atoms with Crippen LogP contribution in [0.3, 0.4) is 0 Å². The Bertz CT molecular complexity index is 1680. The number of halogens is 4. The second-order valence-electron chi connectivity index (χ2n) is 12.2. The first-order valence-electron chi connectivity index (χ1n) is 15.8. The van der Waals surface area contributed by atoms with E-state index in [9.17, 15) is 13.2 Å². The van der Waals surface area contributed by atoms with Crippen LogP contribution in [-0.2, 0) is 6.18 Å². The lowest BCUT2D eigenvalue weighted by Gasteiger charge is -2.47. The van der Waals surface area contributed by atoms with Crippen molar-refractivity contribution < 1.29 is 13.2 Å². The molecular weight excluding hydrogens is 647 g/mol. The van der Waals surface area contributed by atoms with Gasteiger partial charge in [0.2, 0.25) is 0 Å². The molecule has 1 aliphatic heterocycles. The Labute approximate surface area is 282 Å². The number of rotatable bonds is 10. The van der Waals surface area contributed by atoms with Gasteiger partial charge in [-0.1, -0.05) is 62.6 Å². The van der Waals surface area contributed by atoms with E-state index in [0.29, 0.717) is 28.8 Å². The number of aliphatic imine (C=N–C) groups is 1. The number of allylic oxidation sites excluding steroid dienone is 2. The van der Waals surface area contributed by atoms with Crippen molar-refractivity contribution in [3.05, 3.63) is 76.7 Å². The number of alkyl halides is 3. The normalized spacial score (nSPS) is 25.5. The summed E-state index contributed by atoms with van der Waals surface area (Å²) in [6, 6.07) is 10.9. The molecule has 0 amide bonds. The van der Waals surface area contributed by atoms with E-state index in [2.05, 4.69) is 59.1 Å². The van der Waals surface area contributed by atoms with Crippen molar-refractivity contribution in [2.75, 3.05) is 11.1 Å². The number of anilines is 1. The fourth-order valence-corrected chi connectivity index (χ4v) is 8.01. The predicted octanol–water partition coefficient (Wildman–Crippen LogP) is 7.43. The lowest BCUT2D eigenvalue weighted by Crippen LogP contribution is -2.50. The van der Waals surface area contributed by atoms with Crippen LogP contribution in [0.4, 0.5) is 18.9 Å². The number of nitrogens with two attached hydrogens (primary N) is 1. The van der Waals surface area contributed by atoms with E-state index >= 15 is 0 Å². The fourth-order valence-electron chi connectivity index (χ4n) is 6.84. The van der Waals surface area contributed by atoms with E-state index in [4.69, 9.17) is 22.9 Å². The van der Waals surface area contributed by atoms with E-state index in [-0.39, 0.29) is 52.3 Å². The van der Waals surface area contributed by atoms with Gasteiger partial charge in [-0.15, -0.1) is 16.9 Å². The van der Waals surface area contributed by atoms with E-state index < -0.39 is 11.7 Å². The lowest BCUT2D eigenvalue weighted by atomic mass is 9.63. The number of nitrogens with one attached hydrogen (secondary N) is 4. The average Bonchev–Trinajstić information content (AvgIpc) is 3.67. The predicted molar refractivity (Wildman–Crippen MR) is 185 cm³/mol. The number of thioether (sulfide) groups is 1. The number of para-hydroxylation sites is 1. The van der Waals surface area contributed by atoms with Gasteiger partial charge in [0.25, 0.3) is 0 Å². The minimum absolute atomic E-state index is 0.0206. The zero-order valence-corrected chi connectivity index (χ0v) is 28.3. The third-order valence-electron chi connectivity index (χ3n) is 9.28. The summed E-state index contributed by atoms with van der Waals surface area (Å²) in [5.41, 5.74) is 4.19. The summed E-state index contributed by atoms with van der Waals surface area (Å²) in [5, 5.41) is 25.2. The Morgan fingerprint density at radius 3 is 2.60 bits per heavy atom. The molecule has 6 unspecified atom stereocenters. The van der Waals surface area contributed by atoms with Gasteiger partial charge in [0.1, 0.15) is 16.4 Å². The van der Waals surface area contributed by atoms with Crippen LogP contribution < -0.4 is 21.9 Å². The van der Waals surface area contributed by atoms with Gasteiger partial charge >= 0.3 is 6.18 Å². The second-order valence-corrected chi connectivity index (χ2v) is 13.7. The van der Waals surface area contributed by atoms with Crippen molar-refractivity contribution in [2.45, 2.75) is 65.2 Å². The first-order valence-corrected chi connectivity index (χ1v) is 17.2. The monoisotopic (exact) mass is 687 g/mol. The summed E-state index contributed by atoms with van der Waals surface area (Å²) < 4.78 is 44.2. The Morgan fingerprint density at radius 1 is 1.17 bits per heavy atom. The molecule has 2 aliphatic rings. The molecule has 1 aliphatic carbocycles. The summed E-state index contributed by atoms with van der Waals surface area (Å²) in [4.78, 5) is 4.69. The summed E-state index contributed by atoms with van der Waals surface area (Å²) in [5.74, 6) is 7.00. The third-order valence-corrected chi connectivity index (χ3v) is 10.8. The highest BCUT2D eigenvalue weighted by Gasteiger charge is 2.43. The zero-order valence-electron chi connectivity index (χ0n) is 26.8. The Hall–Kier alpha value is -3.55. The van der Waals surface area contributed by atoms with Gasteiger partial charge in [-0.3, -0.25) is 16.2 Å². The minimum Gasteiger partial charge on any atom is -0.386 e. The van der Waals surface area contributed by atoms with Crippen LogP contribution in [0.1, 0.15) is 52.5 Å². The quantitative estimate of drug-likeness (QED) is 0.0649. The maximum absolute atomic E-state index is 14.3. The SMILES string of the molecule is CCC1CC(/C(=C/C(=N)n2nnc3ccccc32)Nc2cc(Cl)ccc2C(F)(F)F)C(CC)C(N/C=C(\NN)C2=NC(C)CS2)C1C. The van der Waals surface area contributed by atoms with Crippen LogP contribution in [0, 0.1) is 29.1 Å². The summed E-state index contributed by atoms with van der Waals surface area (Å²) in [7, 11) is 0. The minimum atomic E-state index is -4.62. The number of hydrogen-bond donors (Lipinski definition) is 5. The van der Waals surface area contributed by atoms with Gasteiger partial charge in [0.05, 0.1) is 28.5 Å². The molecule has 0 radical (unpaired) electrons. The fraction of sp³-hybridized carbons (Fsp3) is 0.455. The molecule has 1 aromatic heterocycles. The number of hydrogen-bond acceptors (Lipinski definition) is 9. The number of aromatic nitrogens is 3. The molecule has 5 rings (SSSR count). The largest absolute Gasteiger partial charge is 0.418 e. The number of nitrogens with zero attached hydrogens (tertiary/aromatic N) is 4. The number of hydrazine groups is 1. The Kier molecular flexibility index (Phi) is 10.9. The van der Waals surface area contributed by atoms with Crippen molar-refractivity contribution in [1.82, 2.24) is 25.7 Å². The lowest BCUT2D eigenvalue weighted by molar-refractivity contribution is -0.136. The maximum Gasteiger partial charge on any atom is 0.418 e. The van der Waals surface area contributed by atoms with Crippen LogP contribution in [-0.4, -0.2) is 43.7 Å². The van der Waals surface area contributed by atoms with Gasteiger partial charge in [-0.05, 0) is 61.4 Å². The molecule has 2 aromatic carbocycles. The first-order chi connectivity index (χ1) is 22.4. The molecule has 0 bridgehead atoms. The first kappa shape index (κ1) is 34.8. The van der Waals surface area contributed by atoms with Crippen LogP contribution in [0.2, 0.25) is 5.02 Å². The summed E-state index contributed by atoms with van der Waals surface area (Å²) in [6.45, 7) is 8.50. The zero-order chi connectivity index (χ0) is 33.9. The molecule has 9 nitrogen and oxygen atoms in total. The highest BCUT2D eigenvalue weighted by molar-refractivity contribution is 8.14. The molecular formula is C33H41ClF3N9S. The molecule has 3 aromatic rings. The topological polar surface area (TPSA) is 129 Å². The highest BCUT2D eigenvalue weighted by Crippen LogP contribution is 2.46.